The first-order valence-electron chi connectivity index (χ1n) is 6.50. The third-order valence-electron chi connectivity index (χ3n) is 1.78. The van der Waals surface area contributed by atoms with E-state index in [4.69, 9.17) is 14.6 Å². The van der Waals surface area contributed by atoms with E-state index < -0.39 is 11.4 Å². The number of carbonyl (C=O) groups is 2. The summed E-state index contributed by atoms with van der Waals surface area (Å²) in [6.45, 7) is 16.3. The molecule has 5 heteroatoms. The van der Waals surface area contributed by atoms with Crippen LogP contribution in [0.15, 0.2) is 12.7 Å². The van der Waals surface area contributed by atoms with E-state index in [0.29, 0.717) is 19.8 Å². The van der Waals surface area contributed by atoms with Gasteiger partial charge in [-0.2, -0.15) is 0 Å². The molecule has 0 aromatic heterocycles. The molecule has 0 unspecified atom stereocenters. The van der Waals surface area contributed by atoms with E-state index in [2.05, 4.69) is 27.4 Å². The van der Waals surface area contributed by atoms with E-state index in [-0.39, 0.29) is 11.4 Å². The monoisotopic (exact) mass is 288 g/mol. The van der Waals surface area contributed by atoms with Gasteiger partial charge >= 0.3 is 11.9 Å². The standard InChI is InChI=1S/C12H24O3.C3H4O2/c1-11(2,3)9-14-7-8-15-10(13)12(4,5)6;1-2-3(4)5/h7-9H2,1-6H3;2H,1H2,(H,4,5). The smallest absolute Gasteiger partial charge is 0.327 e. The fraction of sp³-hybridized carbons (Fsp3) is 0.733. The number of ether oxygens (including phenoxy) is 2. The summed E-state index contributed by atoms with van der Waals surface area (Å²) in [5.41, 5.74) is -0.266. The van der Waals surface area contributed by atoms with Crippen molar-refractivity contribution in [3.05, 3.63) is 12.7 Å². The molecular weight excluding hydrogens is 260 g/mol. The molecule has 0 rings (SSSR count). The lowest BCUT2D eigenvalue weighted by Crippen LogP contribution is -2.25. The highest BCUT2D eigenvalue weighted by atomic mass is 16.6. The number of hydrogen-bond donors (Lipinski definition) is 1. The Kier molecular flexibility index (Phi) is 9.98. The Bertz CT molecular complexity index is 307. The predicted octanol–water partition coefficient (Wildman–Crippen LogP) is 2.90. The first-order valence-corrected chi connectivity index (χ1v) is 6.50. The van der Waals surface area contributed by atoms with Crippen LogP contribution in [-0.4, -0.2) is 36.9 Å². The van der Waals surface area contributed by atoms with E-state index in [1.54, 1.807) is 0 Å². The third kappa shape index (κ3) is 16.6. The van der Waals surface area contributed by atoms with Crippen LogP contribution in [0.3, 0.4) is 0 Å². The average Bonchev–Trinajstić information content (AvgIpc) is 2.26. The van der Waals surface area contributed by atoms with E-state index in [0.717, 1.165) is 6.08 Å². The van der Waals surface area contributed by atoms with E-state index in [1.807, 2.05) is 20.8 Å². The molecule has 0 aromatic rings. The highest BCUT2D eigenvalue weighted by Gasteiger charge is 2.22. The number of esters is 1. The Balaban J connectivity index is 0. The summed E-state index contributed by atoms with van der Waals surface area (Å²) in [6, 6.07) is 0. The first-order chi connectivity index (χ1) is 8.90. The molecule has 0 heterocycles. The topological polar surface area (TPSA) is 72.8 Å². The summed E-state index contributed by atoms with van der Waals surface area (Å²) in [5.74, 6) is -1.16. The van der Waals surface area contributed by atoms with Crippen LogP contribution in [0, 0.1) is 10.8 Å². The SMILES string of the molecule is C=CC(=O)O.CC(C)(C)COCCOC(=O)C(C)(C)C. The molecule has 1 N–H and O–H groups in total. The maximum Gasteiger partial charge on any atom is 0.327 e. The molecule has 0 saturated carbocycles. The van der Waals surface area contributed by atoms with Crippen LogP contribution >= 0.6 is 0 Å². The van der Waals surface area contributed by atoms with Crippen LogP contribution in [0.5, 0.6) is 0 Å². The van der Waals surface area contributed by atoms with Gasteiger partial charge in [0.25, 0.3) is 0 Å². The van der Waals surface area contributed by atoms with Crippen molar-refractivity contribution in [2.75, 3.05) is 19.8 Å². The molecule has 0 fully saturated rings. The lowest BCUT2D eigenvalue weighted by Gasteiger charge is -2.19. The zero-order chi connectivity index (χ0) is 16.4. The minimum Gasteiger partial charge on any atom is -0.478 e. The lowest BCUT2D eigenvalue weighted by molar-refractivity contribution is -0.154. The van der Waals surface area contributed by atoms with Gasteiger partial charge in [0.1, 0.15) is 6.61 Å². The Labute approximate surface area is 122 Å². The highest BCUT2D eigenvalue weighted by molar-refractivity contribution is 5.78. The molecule has 0 atom stereocenters. The van der Waals surface area contributed by atoms with Crippen molar-refractivity contribution >= 4 is 11.9 Å². The van der Waals surface area contributed by atoms with Gasteiger partial charge < -0.3 is 14.6 Å². The number of carbonyl (C=O) groups excluding carboxylic acids is 1. The molecule has 20 heavy (non-hydrogen) atoms. The normalized spacial score (nSPS) is 11.1. The molecule has 0 spiro atoms. The minimum absolute atomic E-state index is 0.161. The molecule has 0 aliphatic rings. The van der Waals surface area contributed by atoms with Gasteiger partial charge in [0, 0.05) is 6.08 Å². The van der Waals surface area contributed by atoms with E-state index >= 15 is 0 Å². The highest BCUT2D eigenvalue weighted by Crippen LogP contribution is 2.15. The molecule has 0 aromatic carbocycles. The second-order valence-corrected chi connectivity index (χ2v) is 6.54. The zero-order valence-corrected chi connectivity index (χ0v) is 13.5. The van der Waals surface area contributed by atoms with Crippen LogP contribution in [0.2, 0.25) is 0 Å². The molecule has 0 aliphatic carbocycles. The average molecular weight is 288 g/mol. The molecule has 0 aliphatic heterocycles. The summed E-state index contributed by atoms with van der Waals surface area (Å²) in [7, 11) is 0. The molecule has 5 nitrogen and oxygen atoms in total. The van der Waals surface area contributed by atoms with Crippen LogP contribution < -0.4 is 0 Å². The lowest BCUT2D eigenvalue weighted by atomic mass is 9.97. The third-order valence-corrected chi connectivity index (χ3v) is 1.78. The Morgan fingerprint density at radius 1 is 1.10 bits per heavy atom. The van der Waals surface area contributed by atoms with Crippen molar-refractivity contribution in [1.29, 1.82) is 0 Å². The van der Waals surface area contributed by atoms with Gasteiger partial charge in [-0.25, -0.2) is 4.79 Å². The van der Waals surface area contributed by atoms with Gasteiger partial charge in [-0.1, -0.05) is 27.4 Å². The number of carboxylic acids is 1. The fourth-order valence-corrected chi connectivity index (χ4v) is 0.788. The van der Waals surface area contributed by atoms with Gasteiger partial charge in [0.15, 0.2) is 0 Å². The van der Waals surface area contributed by atoms with E-state index in [1.165, 1.54) is 0 Å². The maximum absolute atomic E-state index is 11.3. The number of hydrogen-bond acceptors (Lipinski definition) is 4. The maximum atomic E-state index is 11.3. The summed E-state index contributed by atoms with van der Waals surface area (Å²) < 4.78 is 10.4. The minimum atomic E-state index is -0.981. The predicted molar refractivity (Wildman–Crippen MR) is 78.5 cm³/mol. The van der Waals surface area contributed by atoms with Crippen molar-refractivity contribution in [3.8, 4) is 0 Å². The number of carboxylic acid groups (broad SMARTS) is 1. The Morgan fingerprint density at radius 3 is 1.85 bits per heavy atom. The van der Waals surface area contributed by atoms with Crippen molar-refractivity contribution < 1.29 is 24.2 Å². The van der Waals surface area contributed by atoms with Gasteiger partial charge in [0.2, 0.25) is 0 Å². The number of rotatable bonds is 5. The first kappa shape index (κ1) is 20.9. The van der Waals surface area contributed by atoms with E-state index in [9.17, 15) is 9.59 Å². The molecule has 0 bridgehead atoms. The molecule has 118 valence electrons. The van der Waals surface area contributed by atoms with Crippen LogP contribution in [-0.2, 0) is 19.1 Å². The fourth-order valence-electron chi connectivity index (χ4n) is 0.788. The second-order valence-electron chi connectivity index (χ2n) is 6.54. The van der Waals surface area contributed by atoms with Gasteiger partial charge in [-0.05, 0) is 26.2 Å². The molecule has 0 radical (unpaired) electrons. The van der Waals surface area contributed by atoms with Crippen molar-refractivity contribution in [1.82, 2.24) is 0 Å². The molecule has 0 amide bonds. The largest absolute Gasteiger partial charge is 0.478 e. The van der Waals surface area contributed by atoms with Crippen molar-refractivity contribution in [2.45, 2.75) is 41.5 Å². The summed E-state index contributed by atoms with van der Waals surface area (Å²) in [5, 5.41) is 7.60. The second kappa shape index (κ2) is 9.53. The van der Waals surface area contributed by atoms with Crippen LogP contribution in [0.1, 0.15) is 41.5 Å². The van der Waals surface area contributed by atoms with Gasteiger partial charge in [-0.3, -0.25) is 4.79 Å². The zero-order valence-electron chi connectivity index (χ0n) is 13.5. The summed E-state index contributed by atoms with van der Waals surface area (Å²) >= 11 is 0. The van der Waals surface area contributed by atoms with Crippen molar-refractivity contribution in [3.63, 3.8) is 0 Å². The van der Waals surface area contributed by atoms with Gasteiger partial charge in [0.05, 0.1) is 18.6 Å². The Hall–Kier alpha value is -1.36. The van der Waals surface area contributed by atoms with Crippen LogP contribution in [0.4, 0.5) is 0 Å². The summed E-state index contributed by atoms with van der Waals surface area (Å²) in [6.07, 6.45) is 0.833. The van der Waals surface area contributed by atoms with Crippen molar-refractivity contribution in [2.24, 2.45) is 10.8 Å². The quantitative estimate of drug-likeness (QED) is 0.478. The number of aliphatic carboxylic acids is 1. The molecule has 0 saturated heterocycles. The molecular formula is C15H28O5. The Morgan fingerprint density at radius 2 is 1.55 bits per heavy atom. The summed E-state index contributed by atoms with van der Waals surface area (Å²) in [4.78, 5) is 20.6. The van der Waals surface area contributed by atoms with Crippen LogP contribution in [0.25, 0.3) is 0 Å². The van der Waals surface area contributed by atoms with Gasteiger partial charge in [-0.15, -0.1) is 0 Å².